The normalized spacial score (nSPS) is 16.8. The monoisotopic (exact) mass is 335 g/mol. The van der Waals surface area contributed by atoms with Crippen molar-refractivity contribution in [2.24, 2.45) is 0 Å². The number of hydrogen-bond donors (Lipinski definition) is 0. The number of fused-ring (bicyclic) bond motifs is 2. The summed E-state index contributed by atoms with van der Waals surface area (Å²) in [6.45, 7) is 0. The van der Waals surface area contributed by atoms with Crippen LogP contribution in [0.1, 0.15) is 24.8 Å². The minimum atomic E-state index is -0.438. The highest BCUT2D eigenvalue weighted by molar-refractivity contribution is 9.10. The molecular weight excluding hydrogens is 326 g/mol. The van der Waals surface area contributed by atoms with Gasteiger partial charge in [0.2, 0.25) is 0 Å². The third-order valence-corrected chi connectivity index (χ3v) is 4.01. The maximum absolute atomic E-state index is 11.1. The van der Waals surface area contributed by atoms with Crippen LogP contribution in [0.5, 0.6) is 5.75 Å². The Balaban J connectivity index is 2.18. The third kappa shape index (κ3) is 2.06. The molecule has 1 heterocycles. The molecule has 1 aromatic carbocycles. The van der Waals surface area contributed by atoms with Crippen LogP contribution in [-0.4, -0.2) is 11.2 Å². The molecule has 2 aliphatic rings. The second kappa shape index (κ2) is 4.86. The van der Waals surface area contributed by atoms with Gasteiger partial charge in [0, 0.05) is 23.3 Å². The van der Waals surface area contributed by atoms with Crippen molar-refractivity contribution in [3.8, 4) is 5.75 Å². The van der Waals surface area contributed by atoms with Crippen molar-refractivity contribution >= 4 is 34.0 Å². The van der Waals surface area contributed by atoms with Crippen molar-refractivity contribution < 1.29 is 14.5 Å². The summed E-state index contributed by atoms with van der Waals surface area (Å²) in [6, 6.07) is 2.89. The van der Waals surface area contributed by atoms with E-state index in [4.69, 9.17) is 4.74 Å². The van der Waals surface area contributed by atoms with Crippen molar-refractivity contribution in [3.05, 3.63) is 49.2 Å². The number of ether oxygens (including phenoxy) is 1. The zero-order valence-corrected chi connectivity index (χ0v) is 12.0. The number of carbonyl (C=O) groups excluding carboxylic acids is 1. The van der Waals surface area contributed by atoms with Gasteiger partial charge in [-0.25, -0.2) is 0 Å². The van der Waals surface area contributed by atoms with E-state index in [-0.39, 0.29) is 5.69 Å². The number of rotatable bonds is 2. The molecule has 6 heteroatoms. The van der Waals surface area contributed by atoms with E-state index in [9.17, 15) is 14.9 Å². The summed E-state index contributed by atoms with van der Waals surface area (Å²) in [5.41, 5.74) is 2.25. The van der Waals surface area contributed by atoms with Gasteiger partial charge in [-0.3, -0.25) is 14.9 Å². The number of nitro groups is 1. The zero-order valence-electron chi connectivity index (χ0n) is 10.4. The topological polar surface area (TPSA) is 69.4 Å². The van der Waals surface area contributed by atoms with E-state index in [1.54, 1.807) is 0 Å². The third-order valence-electron chi connectivity index (χ3n) is 3.42. The van der Waals surface area contributed by atoms with Crippen molar-refractivity contribution in [2.75, 3.05) is 0 Å². The fraction of sp³-hybridized carbons (Fsp3) is 0.214. The molecule has 0 saturated heterocycles. The van der Waals surface area contributed by atoms with Gasteiger partial charge in [0.15, 0.2) is 0 Å². The molecule has 3 rings (SSSR count). The fourth-order valence-corrected chi connectivity index (χ4v) is 3.04. The summed E-state index contributed by atoms with van der Waals surface area (Å²) in [4.78, 5) is 21.5. The van der Waals surface area contributed by atoms with Crippen LogP contribution in [0.2, 0.25) is 0 Å². The molecule has 1 aliphatic heterocycles. The summed E-state index contributed by atoms with van der Waals surface area (Å²) in [5.74, 6) is 1.13. The van der Waals surface area contributed by atoms with Gasteiger partial charge < -0.3 is 4.74 Å². The molecule has 1 aliphatic carbocycles. The summed E-state index contributed by atoms with van der Waals surface area (Å²) in [7, 11) is 0. The average molecular weight is 336 g/mol. The van der Waals surface area contributed by atoms with E-state index in [0.29, 0.717) is 33.5 Å². The first-order chi connectivity index (χ1) is 9.60. The number of non-ortho nitro benzene ring substituents is 1. The van der Waals surface area contributed by atoms with E-state index < -0.39 is 4.92 Å². The lowest BCUT2D eigenvalue weighted by atomic mass is 9.90. The first-order valence-corrected chi connectivity index (χ1v) is 6.94. The molecule has 0 unspecified atom stereocenters. The number of allylic oxidation sites excluding steroid dienone is 2. The van der Waals surface area contributed by atoms with Gasteiger partial charge in [0.1, 0.15) is 17.8 Å². The summed E-state index contributed by atoms with van der Waals surface area (Å²) in [5, 5.41) is 10.9. The van der Waals surface area contributed by atoms with Crippen LogP contribution in [0.4, 0.5) is 5.69 Å². The molecule has 102 valence electrons. The Kier molecular flexibility index (Phi) is 3.17. The van der Waals surface area contributed by atoms with Gasteiger partial charge in [0.25, 0.3) is 5.69 Å². The predicted octanol–water partition coefficient (Wildman–Crippen LogP) is 3.77. The number of benzene rings is 1. The van der Waals surface area contributed by atoms with E-state index in [1.807, 2.05) is 6.08 Å². The maximum Gasteiger partial charge on any atom is 0.271 e. The van der Waals surface area contributed by atoms with Crippen molar-refractivity contribution in [3.63, 3.8) is 0 Å². The molecule has 0 aromatic heterocycles. The number of halogens is 1. The molecular formula is C14H10BrNO4. The minimum Gasteiger partial charge on any atom is -0.455 e. The number of carbonyl (C=O) groups is 1. The average Bonchev–Trinajstić information content (AvgIpc) is 2.44. The lowest BCUT2D eigenvalue weighted by molar-refractivity contribution is -0.385. The highest BCUT2D eigenvalue weighted by atomic mass is 79.9. The second-order valence-corrected chi connectivity index (χ2v) is 5.55. The van der Waals surface area contributed by atoms with Crippen LogP contribution in [0.3, 0.4) is 0 Å². The van der Waals surface area contributed by atoms with Gasteiger partial charge in [-0.1, -0.05) is 0 Å². The molecule has 0 atom stereocenters. The van der Waals surface area contributed by atoms with Crippen molar-refractivity contribution in [1.29, 1.82) is 0 Å². The van der Waals surface area contributed by atoms with Gasteiger partial charge in [-0.05, 0) is 46.8 Å². The van der Waals surface area contributed by atoms with Crippen LogP contribution in [-0.2, 0) is 4.79 Å². The molecule has 0 amide bonds. The first-order valence-electron chi connectivity index (χ1n) is 6.15. The lowest BCUT2D eigenvalue weighted by Crippen LogP contribution is -2.14. The first kappa shape index (κ1) is 13.1. The summed E-state index contributed by atoms with van der Waals surface area (Å²) >= 11 is 3.29. The van der Waals surface area contributed by atoms with E-state index >= 15 is 0 Å². The zero-order chi connectivity index (χ0) is 14.3. The largest absolute Gasteiger partial charge is 0.455 e. The van der Waals surface area contributed by atoms with E-state index in [2.05, 4.69) is 15.9 Å². The molecule has 0 bridgehead atoms. The van der Waals surface area contributed by atoms with E-state index in [1.165, 1.54) is 12.1 Å². The molecule has 0 radical (unpaired) electrons. The number of aldehydes is 1. The van der Waals surface area contributed by atoms with Crippen LogP contribution < -0.4 is 4.74 Å². The molecule has 20 heavy (non-hydrogen) atoms. The Morgan fingerprint density at radius 1 is 1.35 bits per heavy atom. The highest BCUT2D eigenvalue weighted by Crippen LogP contribution is 2.43. The molecule has 0 saturated carbocycles. The SMILES string of the molecule is O=CC1=C2Oc3c(Br)cc([N+](=O)[O-])cc3C=C2CCC1. The van der Waals surface area contributed by atoms with Crippen LogP contribution in [0, 0.1) is 10.1 Å². The fourth-order valence-electron chi connectivity index (χ4n) is 2.49. The van der Waals surface area contributed by atoms with Crippen molar-refractivity contribution in [2.45, 2.75) is 19.3 Å². The summed E-state index contributed by atoms with van der Waals surface area (Å²) < 4.78 is 6.33. The van der Waals surface area contributed by atoms with E-state index in [0.717, 1.165) is 24.7 Å². The van der Waals surface area contributed by atoms with Crippen LogP contribution in [0.25, 0.3) is 6.08 Å². The Bertz CT molecular complexity index is 691. The molecule has 5 nitrogen and oxygen atoms in total. The summed E-state index contributed by atoms with van der Waals surface area (Å²) in [6.07, 6.45) is 5.10. The quantitative estimate of drug-likeness (QED) is 0.468. The van der Waals surface area contributed by atoms with Crippen LogP contribution in [0.15, 0.2) is 33.5 Å². The number of nitrogens with zero attached hydrogens (tertiary/aromatic N) is 1. The molecule has 0 fully saturated rings. The van der Waals surface area contributed by atoms with Gasteiger partial charge >= 0.3 is 0 Å². The van der Waals surface area contributed by atoms with Crippen LogP contribution >= 0.6 is 15.9 Å². The minimum absolute atomic E-state index is 0.00919. The van der Waals surface area contributed by atoms with Gasteiger partial charge in [0.05, 0.1) is 9.40 Å². The van der Waals surface area contributed by atoms with Gasteiger partial charge in [-0.2, -0.15) is 0 Å². The Hall–Kier alpha value is -1.95. The number of hydrogen-bond acceptors (Lipinski definition) is 4. The Morgan fingerprint density at radius 2 is 2.15 bits per heavy atom. The highest BCUT2D eigenvalue weighted by Gasteiger charge is 2.27. The second-order valence-electron chi connectivity index (χ2n) is 4.70. The van der Waals surface area contributed by atoms with Crippen molar-refractivity contribution in [1.82, 2.24) is 0 Å². The predicted molar refractivity (Wildman–Crippen MR) is 76.3 cm³/mol. The Morgan fingerprint density at radius 3 is 2.85 bits per heavy atom. The smallest absolute Gasteiger partial charge is 0.271 e. The maximum atomic E-state index is 11.1. The standard InChI is InChI=1S/C14H10BrNO4/c15-12-6-11(16(18)19)5-10-4-8-2-1-3-9(7-17)13(8)20-14(10)12/h4-7H,1-3H2. The number of nitro benzene ring substituents is 1. The molecule has 0 N–H and O–H groups in total. The lowest BCUT2D eigenvalue weighted by Gasteiger charge is -2.26. The molecule has 0 spiro atoms. The van der Waals surface area contributed by atoms with Gasteiger partial charge in [-0.15, -0.1) is 0 Å². The Labute approximate surface area is 123 Å². The molecule has 1 aromatic rings.